The summed E-state index contributed by atoms with van der Waals surface area (Å²) in [5.41, 5.74) is 2.80. The number of amides is 1. The number of methoxy groups -OCH3 is 1. The molecule has 0 fully saturated rings. The van der Waals surface area contributed by atoms with Crippen LogP contribution in [-0.2, 0) is 11.2 Å². The molecule has 1 aromatic heterocycles. The topological polar surface area (TPSA) is 54.5 Å². The minimum Gasteiger partial charge on any atom is -0.380 e. The quantitative estimate of drug-likeness (QED) is 0.922. The minimum absolute atomic E-state index is 0.0179. The maximum absolute atomic E-state index is 13.0. The molecule has 5 nitrogen and oxygen atoms in total. The van der Waals surface area contributed by atoms with Crippen LogP contribution in [0, 0.1) is 0 Å². The molecule has 1 aromatic carbocycles. The number of aromatic nitrogens is 1. The highest BCUT2D eigenvalue weighted by Crippen LogP contribution is 2.29. The second-order valence-corrected chi connectivity index (χ2v) is 5.66. The van der Waals surface area contributed by atoms with Crippen molar-refractivity contribution in [3.63, 3.8) is 0 Å². The smallest absolute Gasteiger partial charge is 0.262 e. The van der Waals surface area contributed by atoms with Crippen LogP contribution in [0.5, 0.6) is 0 Å². The van der Waals surface area contributed by atoms with E-state index in [9.17, 15) is 4.79 Å². The summed E-state index contributed by atoms with van der Waals surface area (Å²) >= 11 is 0. The van der Waals surface area contributed by atoms with E-state index in [1.54, 1.807) is 19.4 Å². The summed E-state index contributed by atoms with van der Waals surface area (Å²) < 4.78 is 5.23. The molecule has 2 aromatic rings. The number of para-hydroxylation sites is 1. The second kappa shape index (κ2) is 6.79. The Kier molecular flexibility index (Phi) is 4.57. The Hall–Kier alpha value is -2.40. The van der Waals surface area contributed by atoms with Crippen molar-refractivity contribution < 1.29 is 9.53 Å². The molecule has 1 amide bonds. The molecule has 0 aliphatic carbocycles. The number of carbonyl (C=O) groups excluding carboxylic acids is 1. The molecule has 5 heteroatoms. The van der Waals surface area contributed by atoms with Crippen molar-refractivity contribution in [2.45, 2.75) is 19.4 Å². The van der Waals surface area contributed by atoms with E-state index < -0.39 is 0 Å². The molecule has 1 aliphatic rings. The molecule has 1 aliphatic heterocycles. The average molecular weight is 311 g/mol. The summed E-state index contributed by atoms with van der Waals surface area (Å²) in [7, 11) is 1.66. The standard InChI is InChI=1S/C18H21N3O2/c1-13(23-2)12-20-17-15(7-5-10-19-17)18(22)21-11-9-14-6-3-4-8-16(14)21/h3-8,10,13H,9,11-12H2,1-2H3,(H,19,20). The van der Waals surface area contributed by atoms with E-state index in [2.05, 4.69) is 16.4 Å². The van der Waals surface area contributed by atoms with Crippen LogP contribution in [0.2, 0.25) is 0 Å². The third kappa shape index (κ3) is 3.19. The average Bonchev–Trinajstić information content (AvgIpc) is 3.03. The van der Waals surface area contributed by atoms with E-state index in [0.29, 0.717) is 24.5 Å². The van der Waals surface area contributed by atoms with E-state index in [1.807, 2.05) is 36.1 Å². The molecule has 23 heavy (non-hydrogen) atoms. The molecule has 0 saturated carbocycles. The first kappa shape index (κ1) is 15.5. The number of carbonyl (C=O) groups is 1. The van der Waals surface area contributed by atoms with Gasteiger partial charge in [-0.05, 0) is 37.1 Å². The monoisotopic (exact) mass is 311 g/mol. The first-order valence-electron chi connectivity index (χ1n) is 7.82. The number of rotatable bonds is 5. The van der Waals surface area contributed by atoms with Crippen molar-refractivity contribution in [1.29, 1.82) is 0 Å². The first-order chi connectivity index (χ1) is 11.2. The van der Waals surface area contributed by atoms with Gasteiger partial charge in [-0.2, -0.15) is 0 Å². The number of ether oxygens (including phenoxy) is 1. The van der Waals surface area contributed by atoms with Crippen molar-refractivity contribution in [3.05, 3.63) is 53.7 Å². The number of nitrogens with one attached hydrogen (secondary N) is 1. The molecule has 0 saturated heterocycles. The largest absolute Gasteiger partial charge is 0.380 e. The SMILES string of the molecule is COC(C)CNc1ncccc1C(=O)N1CCc2ccccc21. The highest BCUT2D eigenvalue weighted by Gasteiger charge is 2.26. The van der Waals surface area contributed by atoms with E-state index in [-0.39, 0.29) is 12.0 Å². The van der Waals surface area contributed by atoms with Crippen molar-refractivity contribution in [2.24, 2.45) is 0 Å². The van der Waals surface area contributed by atoms with Crippen LogP contribution in [0.1, 0.15) is 22.8 Å². The number of hydrogen-bond acceptors (Lipinski definition) is 4. The lowest BCUT2D eigenvalue weighted by molar-refractivity contribution is 0.0989. The molecule has 0 spiro atoms. The van der Waals surface area contributed by atoms with Gasteiger partial charge >= 0.3 is 0 Å². The van der Waals surface area contributed by atoms with Gasteiger partial charge in [0.2, 0.25) is 0 Å². The van der Waals surface area contributed by atoms with E-state index >= 15 is 0 Å². The Balaban J connectivity index is 1.83. The zero-order chi connectivity index (χ0) is 16.2. The zero-order valence-electron chi connectivity index (χ0n) is 13.5. The maximum Gasteiger partial charge on any atom is 0.262 e. The lowest BCUT2D eigenvalue weighted by Gasteiger charge is -2.20. The third-order valence-electron chi connectivity index (χ3n) is 4.13. The number of nitrogens with zero attached hydrogens (tertiary/aromatic N) is 2. The fourth-order valence-electron chi connectivity index (χ4n) is 2.74. The number of anilines is 2. The predicted octanol–water partition coefficient (Wildman–Crippen LogP) is 2.73. The van der Waals surface area contributed by atoms with Crippen LogP contribution in [0.15, 0.2) is 42.6 Å². The van der Waals surface area contributed by atoms with Gasteiger partial charge in [-0.3, -0.25) is 4.79 Å². The summed E-state index contributed by atoms with van der Waals surface area (Å²) in [6.07, 6.45) is 2.63. The van der Waals surface area contributed by atoms with Gasteiger partial charge in [0.25, 0.3) is 5.91 Å². The molecule has 0 bridgehead atoms. The van der Waals surface area contributed by atoms with Gasteiger partial charge in [0.1, 0.15) is 5.82 Å². The molecule has 2 heterocycles. The van der Waals surface area contributed by atoms with Crippen LogP contribution < -0.4 is 10.2 Å². The van der Waals surface area contributed by atoms with Crippen LogP contribution in [0.4, 0.5) is 11.5 Å². The Labute approximate surface area is 136 Å². The number of benzene rings is 1. The van der Waals surface area contributed by atoms with Crippen LogP contribution >= 0.6 is 0 Å². The number of pyridine rings is 1. The lowest BCUT2D eigenvalue weighted by atomic mass is 10.1. The van der Waals surface area contributed by atoms with Crippen molar-refractivity contribution in [2.75, 3.05) is 30.4 Å². The Morgan fingerprint density at radius 2 is 2.17 bits per heavy atom. The van der Waals surface area contributed by atoms with Gasteiger partial charge < -0.3 is 15.0 Å². The first-order valence-corrected chi connectivity index (χ1v) is 7.82. The molecule has 1 unspecified atom stereocenters. The molecule has 3 rings (SSSR count). The van der Waals surface area contributed by atoms with Gasteiger partial charge in [-0.1, -0.05) is 18.2 Å². The highest BCUT2D eigenvalue weighted by atomic mass is 16.5. The molecule has 1 N–H and O–H groups in total. The summed E-state index contributed by atoms with van der Waals surface area (Å²) in [6.45, 7) is 3.28. The van der Waals surface area contributed by atoms with Crippen molar-refractivity contribution >= 4 is 17.4 Å². The predicted molar refractivity (Wildman–Crippen MR) is 91.0 cm³/mol. The van der Waals surface area contributed by atoms with Crippen molar-refractivity contribution in [1.82, 2.24) is 4.98 Å². The van der Waals surface area contributed by atoms with Gasteiger partial charge in [-0.25, -0.2) is 4.98 Å². The zero-order valence-corrected chi connectivity index (χ0v) is 13.5. The van der Waals surface area contributed by atoms with Gasteiger partial charge in [0.15, 0.2) is 0 Å². The fourth-order valence-corrected chi connectivity index (χ4v) is 2.74. The molecule has 0 radical (unpaired) electrons. The van der Waals surface area contributed by atoms with Gasteiger partial charge in [0, 0.05) is 32.1 Å². The van der Waals surface area contributed by atoms with Gasteiger partial charge in [0.05, 0.1) is 11.7 Å². The van der Waals surface area contributed by atoms with Crippen LogP contribution in [0.25, 0.3) is 0 Å². The van der Waals surface area contributed by atoms with E-state index in [0.717, 1.165) is 12.1 Å². The molecular weight excluding hydrogens is 290 g/mol. The summed E-state index contributed by atoms with van der Waals surface area (Å²) in [5.74, 6) is 0.585. The summed E-state index contributed by atoms with van der Waals surface area (Å²) in [6, 6.07) is 11.7. The van der Waals surface area contributed by atoms with Crippen LogP contribution in [0.3, 0.4) is 0 Å². The second-order valence-electron chi connectivity index (χ2n) is 5.66. The summed E-state index contributed by atoms with van der Waals surface area (Å²) in [4.78, 5) is 19.1. The van der Waals surface area contributed by atoms with E-state index in [1.165, 1.54) is 5.56 Å². The summed E-state index contributed by atoms with van der Waals surface area (Å²) in [5, 5.41) is 3.21. The molecular formula is C18H21N3O2. The molecule has 120 valence electrons. The Morgan fingerprint density at radius 3 is 3.00 bits per heavy atom. The Bertz CT molecular complexity index is 702. The van der Waals surface area contributed by atoms with Crippen molar-refractivity contribution in [3.8, 4) is 0 Å². The molecule has 1 atom stereocenters. The van der Waals surface area contributed by atoms with Gasteiger partial charge in [-0.15, -0.1) is 0 Å². The minimum atomic E-state index is -0.0179. The normalized spacial score (nSPS) is 14.4. The fraction of sp³-hybridized carbons (Fsp3) is 0.333. The Morgan fingerprint density at radius 1 is 1.35 bits per heavy atom. The van der Waals surface area contributed by atoms with E-state index in [4.69, 9.17) is 4.74 Å². The number of hydrogen-bond donors (Lipinski definition) is 1. The third-order valence-corrected chi connectivity index (χ3v) is 4.13. The lowest BCUT2D eigenvalue weighted by Crippen LogP contribution is -2.30. The number of fused-ring (bicyclic) bond motifs is 1. The van der Waals surface area contributed by atoms with Crippen LogP contribution in [-0.4, -0.2) is 37.2 Å². The maximum atomic E-state index is 13.0. The highest BCUT2D eigenvalue weighted by molar-refractivity contribution is 6.10.